The molecule has 2 N–H and O–H groups in total. The molecule has 6 heteroatoms. The van der Waals surface area contributed by atoms with Crippen LogP contribution in [0.4, 0.5) is 0 Å². The molecule has 1 amide bonds. The zero-order chi connectivity index (χ0) is 16.2. The molecule has 2 heterocycles. The van der Waals surface area contributed by atoms with E-state index in [1.165, 1.54) is 22.9 Å². The molecule has 0 spiro atoms. The quantitative estimate of drug-likeness (QED) is 0.691. The van der Waals surface area contributed by atoms with Crippen LogP contribution in [0.2, 0.25) is 0 Å². The summed E-state index contributed by atoms with van der Waals surface area (Å²) in [6, 6.07) is 9.91. The number of hydrogen-bond acceptors (Lipinski definition) is 4. The predicted octanol–water partition coefficient (Wildman–Crippen LogP) is 2.61. The molecule has 5 nitrogen and oxygen atoms in total. The zero-order valence-corrected chi connectivity index (χ0v) is 14.1. The van der Waals surface area contributed by atoms with Crippen molar-refractivity contribution in [2.45, 2.75) is 24.9 Å². The largest absolute Gasteiger partial charge is 0.342 e. The van der Waals surface area contributed by atoms with E-state index in [1.54, 1.807) is 6.20 Å². The topological polar surface area (TPSA) is 64.2 Å². The fourth-order valence-corrected chi connectivity index (χ4v) is 3.66. The maximum absolute atomic E-state index is 12.3. The summed E-state index contributed by atoms with van der Waals surface area (Å²) >= 11 is 1.40. The Morgan fingerprint density at radius 2 is 2.17 bits per heavy atom. The molecule has 0 saturated carbocycles. The number of nitrogens with zero attached hydrogens (tertiary/aromatic N) is 3. The van der Waals surface area contributed by atoms with Gasteiger partial charge in [0.05, 0.1) is 17.6 Å². The molecule has 1 unspecified atom stereocenters. The van der Waals surface area contributed by atoms with Crippen molar-refractivity contribution in [3.63, 3.8) is 0 Å². The van der Waals surface area contributed by atoms with Gasteiger partial charge in [-0.1, -0.05) is 49.0 Å². The van der Waals surface area contributed by atoms with Crippen LogP contribution in [0.5, 0.6) is 0 Å². The highest BCUT2D eigenvalue weighted by Gasteiger charge is 2.21. The third kappa shape index (κ3) is 3.88. The van der Waals surface area contributed by atoms with Crippen molar-refractivity contribution in [2.75, 3.05) is 24.7 Å². The lowest BCUT2D eigenvalue weighted by molar-refractivity contribution is -0.130. The van der Waals surface area contributed by atoms with Crippen molar-refractivity contribution in [3.8, 4) is 11.3 Å². The Kier molecular flexibility index (Phi) is 4.91. The Hall–Kier alpha value is -1.95. The number of imidazole rings is 1. The van der Waals surface area contributed by atoms with E-state index >= 15 is 0 Å². The lowest BCUT2D eigenvalue weighted by Gasteiger charge is -2.30. The van der Waals surface area contributed by atoms with Gasteiger partial charge < -0.3 is 10.7 Å². The van der Waals surface area contributed by atoms with Crippen molar-refractivity contribution in [2.24, 2.45) is 5.92 Å². The number of rotatable bonds is 4. The second kappa shape index (κ2) is 7.08. The molecule has 1 aliphatic rings. The first-order chi connectivity index (χ1) is 11.1. The van der Waals surface area contributed by atoms with Gasteiger partial charge in [-0.3, -0.25) is 4.79 Å². The number of amides is 1. The maximum atomic E-state index is 12.3. The van der Waals surface area contributed by atoms with Gasteiger partial charge in [0.25, 0.3) is 0 Å². The molecule has 122 valence electrons. The van der Waals surface area contributed by atoms with Crippen LogP contribution >= 0.6 is 11.8 Å². The van der Waals surface area contributed by atoms with E-state index in [2.05, 4.69) is 11.9 Å². The van der Waals surface area contributed by atoms with Crippen LogP contribution in [0.25, 0.3) is 11.3 Å². The summed E-state index contributed by atoms with van der Waals surface area (Å²) in [5, 5.41) is 0.669. The number of likely N-dealkylation sites (tertiary alicyclic amines) is 1. The molecule has 1 aliphatic heterocycles. The van der Waals surface area contributed by atoms with Crippen molar-refractivity contribution < 1.29 is 4.79 Å². The number of carbonyl (C=O) groups is 1. The van der Waals surface area contributed by atoms with Crippen LogP contribution in [0.3, 0.4) is 0 Å². The molecule has 1 saturated heterocycles. The van der Waals surface area contributed by atoms with Gasteiger partial charge in [0, 0.05) is 18.7 Å². The molecule has 2 aromatic rings. The van der Waals surface area contributed by atoms with Crippen LogP contribution in [-0.2, 0) is 4.79 Å². The fraction of sp³-hybridized carbons (Fsp3) is 0.412. The number of nitrogens with two attached hydrogens (primary N) is 1. The normalized spacial score (nSPS) is 18.1. The van der Waals surface area contributed by atoms with E-state index in [0.717, 1.165) is 30.8 Å². The summed E-state index contributed by atoms with van der Waals surface area (Å²) in [7, 11) is 0. The van der Waals surface area contributed by atoms with Crippen LogP contribution in [0.1, 0.15) is 19.8 Å². The van der Waals surface area contributed by atoms with Gasteiger partial charge in [0.15, 0.2) is 5.16 Å². The Balaban J connectivity index is 1.62. The Morgan fingerprint density at radius 3 is 2.91 bits per heavy atom. The number of carbonyl (C=O) groups excluding carboxylic acids is 1. The smallest absolute Gasteiger partial charge is 0.233 e. The average molecular weight is 330 g/mol. The summed E-state index contributed by atoms with van der Waals surface area (Å²) in [5.74, 6) is 7.13. The van der Waals surface area contributed by atoms with Crippen LogP contribution in [0, 0.1) is 5.92 Å². The van der Waals surface area contributed by atoms with Crippen LogP contribution < -0.4 is 5.84 Å². The summed E-state index contributed by atoms with van der Waals surface area (Å²) in [4.78, 5) is 18.8. The second-order valence-electron chi connectivity index (χ2n) is 6.06. The summed E-state index contributed by atoms with van der Waals surface area (Å²) in [5.41, 5.74) is 1.85. The number of benzene rings is 1. The van der Waals surface area contributed by atoms with Gasteiger partial charge in [0.1, 0.15) is 0 Å². The van der Waals surface area contributed by atoms with Gasteiger partial charge in [-0.2, -0.15) is 0 Å². The fourth-order valence-electron chi connectivity index (χ4n) is 2.86. The molecule has 0 aliphatic carbocycles. The first kappa shape index (κ1) is 15.9. The minimum Gasteiger partial charge on any atom is -0.342 e. The average Bonchev–Trinajstić information content (AvgIpc) is 2.94. The number of piperidine rings is 1. The van der Waals surface area contributed by atoms with E-state index in [4.69, 9.17) is 5.84 Å². The molecule has 0 bridgehead atoms. The highest BCUT2D eigenvalue weighted by Crippen LogP contribution is 2.23. The van der Waals surface area contributed by atoms with Crippen molar-refractivity contribution >= 4 is 17.7 Å². The van der Waals surface area contributed by atoms with Crippen molar-refractivity contribution in [1.82, 2.24) is 14.6 Å². The van der Waals surface area contributed by atoms with Gasteiger partial charge in [-0.05, 0) is 18.8 Å². The highest BCUT2D eigenvalue weighted by atomic mass is 32.2. The van der Waals surface area contributed by atoms with Gasteiger partial charge in [-0.25, -0.2) is 9.66 Å². The predicted molar refractivity (Wildman–Crippen MR) is 93.5 cm³/mol. The van der Waals surface area contributed by atoms with E-state index in [1.807, 2.05) is 35.2 Å². The van der Waals surface area contributed by atoms with Crippen molar-refractivity contribution in [3.05, 3.63) is 36.5 Å². The Labute approximate surface area is 140 Å². The molecular formula is C17H22N4OS. The first-order valence-electron chi connectivity index (χ1n) is 7.94. The lowest BCUT2D eigenvalue weighted by atomic mass is 10.0. The minimum absolute atomic E-state index is 0.172. The van der Waals surface area contributed by atoms with Gasteiger partial charge in [-0.15, -0.1) is 0 Å². The van der Waals surface area contributed by atoms with Gasteiger partial charge in [0.2, 0.25) is 5.91 Å². The number of hydrogen-bond donors (Lipinski definition) is 1. The van der Waals surface area contributed by atoms with E-state index in [0.29, 0.717) is 16.8 Å². The van der Waals surface area contributed by atoms with E-state index < -0.39 is 0 Å². The molecule has 1 fully saturated rings. The van der Waals surface area contributed by atoms with E-state index in [9.17, 15) is 4.79 Å². The van der Waals surface area contributed by atoms with Crippen molar-refractivity contribution in [1.29, 1.82) is 0 Å². The molecule has 3 rings (SSSR count). The highest BCUT2D eigenvalue weighted by molar-refractivity contribution is 7.99. The minimum atomic E-state index is 0.172. The molecular weight excluding hydrogens is 308 g/mol. The number of aromatic nitrogens is 2. The molecule has 1 aromatic carbocycles. The molecule has 1 aromatic heterocycles. The molecule has 1 atom stereocenters. The SMILES string of the molecule is CC1CCCN(C(=O)CSc2nc(-c3ccccc3)cn2N)C1. The molecule has 0 radical (unpaired) electrons. The first-order valence-corrected chi connectivity index (χ1v) is 8.92. The summed E-state index contributed by atoms with van der Waals surface area (Å²) < 4.78 is 1.50. The Bertz CT molecular complexity index is 670. The van der Waals surface area contributed by atoms with Crippen LogP contribution in [-0.4, -0.2) is 39.3 Å². The molecule has 23 heavy (non-hydrogen) atoms. The third-order valence-electron chi connectivity index (χ3n) is 4.10. The number of thioether (sulfide) groups is 1. The summed E-state index contributed by atoms with van der Waals surface area (Å²) in [6.45, 7) is 3.94. The van der Waals surface area contributed by atoms with E-state index in [-0.39, 0.29) is 5.91 Å². The maximum Gasteiger partial charge on any atom is 0.233 e. The van der Waals surface area contributed by atoms with Crippen LogP contribution in [0.15, 0.2) is 41.7 Å². The second-order valence-corrected chi connectivity index (χ2v) is 7.00. The summed E-state index contributed by atoms with van der Waals surface area (Å²) in [6.07, 6.45) is 4.11. The third-order valence-corrected chi connectivity index (χ3v) is 5.05. The monoisotopic (exact) mass is 330 g/mol. The Morgan fingerprint density at radius 1 is 1.39 bits per heavy atom. The standard InChI is InChI=1S/C17H22N4OS/c1-13-6-5-9-20(10-13)16(22)12-23-17-19-15(11-21(17)18)14-7-3-2-4-8-14/h2-4,7-8,11,13H,5-6,9-10,12,18H2,1H3. The lowest BCUT2D eigenvalue weighted by Crippen LogP contribution is -2.40. The zero-order valence-electron chi connectivity index (χ0n) is 13.3. The van der Waals surface area contributed by atoms with Gasteiger partial charge >= 0.3 is 0 Å². The number of nitrogen functional groups attached to an aromatic ring is 1.